The molecule has 1 aliphatic rings. The molecule has 132 valence electrons. The molecule has 24 heavy (non-hydrogen) atoms. The number of nitrogens with two attached hydrogens (primary N) is 1. The molecule has 5 nitrogen and oxygen atoms in total. The first-order valence-electron chi connectivity index (χ1n) is 8.91. The van der Waals surface area contributed by atoms with Crippen LogP contribution in [0.2, 0.25) is 0 Å². The van der Waals surface area contributed by atoms with Gasteiger partial charge in [-0.1, -0.05) is 25.3 Å². The van der Waals surface area contributed by atoms with Crippen molar-refractivity contribution >= 4 is 17.5 Å². The van der Waals surface area contributed by atoms with Gasteiger partial charge >= 0.3 is 0 Å². The summed E-state index contributed by atoms with van der Waals surface area (Å²) < 4.78 is 0. The Morgan fingerprint density at radius 3 is 2.54 bits per heavy atom. The highest BCUT2D eigenvalue weighted by molar-refractivity contribution is 5.95. The van der Waals surface area contributed by atoms with Crippen LogP contribution < -0.4 is 11.1 Å². The quantitative estimate of drug-likeness (QED) is 0.841. The highest BCUT2D eigenvalue weighted by Crippen LogP contribution is 2.23. The topological polar surface area (TPSA) is 75.4 Å². The molecule has 2 rings (SSSR count). The smallest absolute Gasteiger partial charge is 0.249 e. The number of nitrogens with zero attached hydrogens (tertiary/aromatic N) is 1. The van der Waals surface area contributed by atoms with Crippen LogP contribution >= 0.6 is 0 Å². The number of likely N-dealkylation sites (N-methyl/N-ethyl adjacent to an activating group) is 1. The zero-order valence-corrected chi connectivity index (χ0v) is 15.0. The Balaban J connectivity index is 2.07. The monoisotopic (exact) mass is 331 g/mol. The summed E-state index contributed by atoms with van der Waals surface area (Å²) in [4.78, 5) is 26.3. The highest BCUT2D eigenvalue weighted by Gasteiger charge is 2.27. The third-order valence-electron chi connectivity index (χ3n) is 4.90. The summed E-state index contributed by atoms with van der Waals surface area (Å²) in [6.07, 6.45) is 5.88. The standard InChI is InChI=1S/C19H29N3O2/c1-4-22(16-8-6-5-7-9-16)19(24)14(3)21-15-11-10-13(2)17(12-15)18(20)23/h10-12,14,16,21H,4-9H2,1-3H3,(H2,20,23)/t14-/m0/s1. The zero-order valence-electron chi connectivity index (χ0n) is 15.0. The number of anilines is 1. The van der Waals surface area contributed by atoms with Crippen molar-refractivity contribution in [3.05, 3.63) is 29.3 Å². The summed E-state index contributed by atoms with van der Waals surface area (Å²) in [6, 6.07) is 5.47. The molecule has 0 aliphatic heterocycles. The summed E-state index contributed by atoms with van der Waals surface area (Å²) in [5.74, 6) is -0.335. The lowest BCUT2D eigenvalue weighted by molar-refractivity contribution is -0.134. The van der Waals surface area contributed by atoms with Crippen LogP contribution in [0.1, 0.15) is 61.9 Å². The fourth-order valence-electron chi connectivity index (χ4n) is 3.52. The van der Waals surface area contributed by atoms with Crippen molar-refractivity contribution in [1.82, 2.24) is 4.90 Å². The molecule has 0 saturated heterocycles. The van der Waals surface area contributed by atoms with Gasteiger partial charge in [-0.2, -0.15) is 0 Å². The number of hydrogen-bond donors (Lipinski definition) is 2. The van der Waals surface area contributed by atoms with Gasteiger partial charge in [0.2, 0.25) is 11.8 Å². The molecule has 1 aromatic carbocycles. The van der Waals surface area contributed by atoms with Crippen LogP contribution in [0.25, 0.3) is 0 Å². The first-order chi connectivity index (χ1) is 11.4. The van der Waals surface area contributed by atoms with E-state index < -0.39 is 5.91 Å². The van der Waals surface area contributed by atoms with E-state index >= 15 is 0 Å². The summed E-state index contributed by atoms with van der Waals surface area (Å²) in [5, 5.41) is 3.22. The van der Waals surface area contributed by atoms with Crippen LogP contribution in [0.3, 0.4) is 0 Å². The average Bonchev–Trinajstić information content (AvgIpc) is 2.57. The summed E-state index contributed by atoms with van der Waals surface area (Å²) in [7, 11) is 0. The van der Waals surface area contributed by atoms with Crippen LogP contribution in [0, 0.1) is 6.92 Å². The Bertz CT molecular complexity index is 594. The second-order valence-electron chi connectivity index (χ2n) is 6.68. The number of amides is 2. The minimum absolute atomic E-state index is 0.116. The van der Waals surface area contributed by atoms with Gasteiger partial charge in [-0.25, -0.2) is 0 Å². The lowest BCUT2D eigenvalue weighted by Crippen LogP contribution is -2.47. The van der Waals surface area contributed by atoms with Crippen LogP contribution in [-0.2, 0) is 4.79 Å². The SMILES string of the molecule is CCN(C(=O)[C@H](C)Nc1ccc(C)c(C(N)=O)c1)C1CCCCC1. The van der Waals surface area contributed by atoms with Gasteiger partial charge in [-0.3, -0.25) is 9.59 Å². The molecular formula is C19H29N3O2. The molecule has 1 fully saturated rings. The van der Waals surface area contributed by atoms with Crippen molar-refractivity contribution in [3.63, 3.8) is 0 Å². The predicted molar refractivity (Wildman–Crippen MR) is 97.0 cm³/mol. The van der Waals surface area contributed by atoms with Gasteiger partial charge in [0.25, 0.3) is 0 Å². The van der Waals surface area contributed by atoms with Gasteiger partial charge in [-0.15, -0.1) is 0 Å². The highest BCUT2D eigenvalue weighted by atomic mass is 16.2. The molecule has 0 unspecified atom stereocenters. The Hall–Kier alpha value is -2.04. The number of hydrogen-bond acceptors (Lipinski definition) is 3. The molecular weight excluding hydrogens is 302 g/mol. The molecule has 3 N–H and O–H groups in total. The predicted octanol–water partition coefficient (Wildman–Crippen LogP) is 3.08. The number of carbonyl (C=O) groups is 2. The van der Waals surface area contributed by atoms with Crippen molar-refractivity contribution in [3.8, 4) is 0 Å². The molecule has 1 atom stereocenters. The van der Waals surface area contributed by atoms with E-state index in [0.29, 0.717) is 11.6 Å². The van der Waals surface area contributed by atoms with Gasteiger partial charge in [0, 0.05) is 23.8 Å². The lowest BCUT2D eigenvalue weighted by atomic mass is 9.94. The maximum absolute atomic E-state index is 12.8. The third kappa shape index (κ3) is 4.28. The summed E-state index contributed by atoms with van der Waals surface area (Å²) >= 11 is 0. The molecule has 1 aliphatic carbocycles. The van der Waals surface area contributed by atoms with Crippen molar-refractivity contribution in [2.45, 2.75) is 65.0 Å². The maximum Gasteiger partial charge on any atom is 0.249 e. The molecule has 0 bridgehead atoms. The first kappa shape index (κ1) is 18.3. The zero-order chi connectivity index (χ0) is 17.7. The van der Waals surface area contributed by atoms with E-state index in [4.69, 9.17) is 5.73 Å². The number of rotatable bonds is 6. The van der Waals surface area contributed by atoms with Gasteiger partial charge in [0.05, 0.1) is 0 Å². The minimum Gasteiger partial charge on any atom is -0.374 e. The van der Waals surface area contributed by atoms with Gasteiger partial charge in [-0.05, 0) is 51.3 Å². The van der Waals surface area contributed by atoms with Crippen LogP contribution in [0.4, 0.5) is 5.69 Å². The Morgan fingerprint density at radius 2 is 1.96 bits per heavy atom. The fraction of sp³-hybridized carbons (Fsp3) is 0.579. The Labute approximate surface area is 144 Å². The Morgan fingerprint density at radius 1 is 1.29 bits per heavy atom. The number of aryl methyl sites for hydroxylation is 1. The lowest BCUT2D eigenvalue weighted by Gasteiger charge is -2.35. The van der Waals surface area contributed by atoms with Crippen LogP contribution in [0.5, 0.6) is 0 Å². The largest absolute Gasteiger partial charge is 0.374 e. The molecule has 0 aromatic heterocycles. The van der Waals surface area contributed by atoms with Gasteiger partial charge in [0.15, 0.2) is 0 Å². The van der Waals surface area contributed by atoms with E-state index in [1.54, 1.807) is 6.07 Å². The fourth-order valence-corrected chi connectivity index (χ4v) is 3.52. The minimum atomic E-state index is -0.451. The second-order valence-corrected chi connectivity index (χ2v) is 6.68. The molecule has 5 heteroatoms. The van der Waals surface area contributed by atoms with Crippen molar-refractivity contribution < 1.29 is 9.59 Å². The maximum atomic E-state index is 12.8. The number of primary amides is 1. The van der Waals surface area contributed by atoms with E-state index in [9.17, 15) is 9.59 Å². The van der Waals surface area contributed by atoms with E-state index in [2.05, 4.69) is 5.32 Å². The molecule has 0 radical (unpaired) electrons. The second kappa shape index (κ2) is 8.18. The summed E-state index contributed by atoms with van der Waals surface area (Å²) in [6.45, 7) is 6.49. The number of carbonyl (C=O) groups excluding carboxylic acids is 2. The molecule has 0 heterocycles. The van der Waals surface area contributed by atoms with Crippen LogP contribution in [0.15, 0.2) is 18.2 Å². The van der Waals surface area contributed by atoms with Gasteiger partial charge in [0.1, 0.15) is 6.04 Å². The van der Waals surface area contributed by atoms with E-state index in [0.717, 1.165) is 30.6 Å². The molecule has 2 amide bonds. The molecule has 0 spiro atoms. The van der Waals surface area contributed by atoms with Crippen molar-refractivity contribution in [1.29, 1.82) is 0 Å². The van der Waals surface area contributed by atoms with Crippen molar-refractivity contribution in [2.75, 3.05) is 11.9 Å². The van der Waals surface area contributed by atoms with Crippen molar-refractivity contribution in [2.24, 2.45) is 5.73 Å². The van der Waals surface area contributed by atoms with Gasteiger partial charge < -0.3 is 16.0 Å². The van der Waals surface area contributed by atoms with Crippen LogP contribution in [-0.4, -0.2) is 35.3 Å². The Kier molecular flexibility index (Phi) is 6.23. The van der Waals surface area contributed by atoms with E-state index in [1.165, 1.54) is 19.3 Å². The molecule has 1 aromatic rings. The normalized spacial score (nSPS) is 16.5. The van der Waals surface area contributed by atoms with E-state index in [-0.39, 0.29) is 11.9 Å². The number of nitrogens with one attached hydrogen (secondary N) is 1. The number of benzene rings is 1. The van der Waals surface area contributed by atoms with E-state index in [1.807, 2.05) is 37.8 Å². The molecule has 1 saturated carbocycles. The first-order valence-corrected chi connectivity index (χ1v) is 8.91. The third-order valence-corrected chi connectivity index (χ3v) is 4.90. The average molecular weight is 331 g/mol. The summed E-state index contributed by atoms with van der Waals surface area (Å²) in [5.41, 5.74) is 7.47.